The Bertz CT molecular complexity index is 1560. The van der Waals surface area contributed by atoms with E-state index in [0.29, 0.717) is 6.61 Å². The highest BCUT2D eigenvalue weighted by Gasteiger charge is 2.44. The van der Waals surface area contributed by atoms with E-state index in [0.717, 1.165) is 98.2 Å². The number of nitrogens with zero attached hydrogens (tertiary/aromatic N) is 4. The number of ether oxygens (including phenoxy) is 2. The summed E-state index contributed by atoms with van der Waals surface area (Å²) in [5, 5.41) is 0.835. The van der Waals surface area contributed by atoms with E-state index < -0.39 is 5.60 Å². The van der Waals surface area contributed by atoms with Gasteiger partial charge in [-0.2, -0.15) is 0 Å². The van der Waals surface area contributed by atoms with Crippen molar-refractivity contribution < 1.29 is 9.47 Å². The molecule has 2 aliphatic heterocycles. The molecule has 3 aliphatic rings. The first-order valence-electron chi connectivity index (χ1n) is 15.7. The molecule has 1 aromatic heterocycles. The number of aromatic nitrogens is 2. The molecule has 228 valence electrons. The third kappa shape index (κ3) is 6.02. The summed E-state index contributed by atoms with van der Waals surface area (Å²) in [6.07, 6.45) is 6.96. The molecular formula is C36H39BrN4O2S. The Kier molecular flexibility index (Phi) is 8.94. The molecule has 0 N–H and O–H groups in total. The van der Waals surface area contributed by atoms with Crippen molar-refractivity contribution >= 4 is 39.2 Å². The zero-order valence-electron chi connectivity index (χ0n) is 25.3. The van der Waals surface area contributed by atoms with Crippen LogP contribution in [0.5, 0.6) is 0 Å². The quantitative estimate of drug-likeness (QED) is 0.148. The minimum absolute atomic E-state index is 0.427. The number of thioether (sulfide) groups is 1. The SMILES string of the molecule is CSc1nc2c(c(N3CCCOCC3)n1)COC1(CCCc3ccc(N(Cc4ccccc4)Cc4ccccc4)c(Br)c31)C2. The van der Waals surface area contributed by atoms with Crippen LogP contribution in [0.3, 0.4) is 0 Å². The highest BCUT2D eigenvalue weighted by Crippen LogP contribution is 2.50. The van der Waals surface area contributed by atoms with Gasteiger partial charge >= 0.3 is 0 Å². The van der Waals surface area contributed by atoms with E-state index in [-0.39, 0.29) is 0 Å². The maximum absolute atomic E-state index is 7.05. The zero-order valence-corrected chi connectivity index (χ0v) is 27.7. The maximum atomic E-state index is 7.05. The molecule has 6 nitrogen and oxygen atoms in total. The van der Waals surface area contributed by atoms with Crippen LogP contribution in [0.4, 0.5) is 11.5 Å². The lowest BCUT2D eigenvalue weighted by atomic mass is 9.74. The number of anilines is 2. The lowest BCUT2D eigenvalue weighted by Crippen LogP contribution is -2.41. The van der Waals surface area contributed by atoms with Crippen LogP contribution in [0.15, 0.2) is 82.4 Å². The van der Waals surface area contributed by atoms with Crippen molar-refractivity contribution in [2.45, 2.75) is 62.6 Å². The first kappa shape index (κ1) is 29.8. The van der Waals surface area contributed by atoms with Crippen LogP contribution in [-0.4, -0.2) is 42.5 Å². The predicted octanol–water partition coefficient (Wildman–Crippen LogP) is 7.70. The van der Waals surface area contributed by atoms with E-state index in [1.54, 1.807) is 11.8 Å². The third-order valence-corrected chi connectivity index (χ3v) is 10.5. The lowest BCUT2D eigenvalue weighted by molar-refractivity contribution is -0.0860. The molecule has 8 heteroatoms. The molecule has 0 saturated carbocycles. The van der Waals surface area contributed by atoms with Gasteiger partial charge in [0.15, 0.2) is 5.16 Å². The summed E-state index contributed by atoms with van der Waals surface area (Å²) in [5.41, 5.74) is 8.30. The summed E-state index contributed by atoms with van der Waals surface area (Å²) in [6, 6.07) is 26.2. The van der Waals surface area contributed by atoms with Crippen LogP contribution in [-0.2, 0) is 47.6 Å². The van der Waals surface area contributed by atoms with Crippen LogP contribution in [0.25, 0.3) is 0 Å². The molecule has 3 heterocycles. The van der Waals surface area contributed by atoms with Gasteiger partial charge in [-0.05, 0) is 70.6 Å². The van der Waals surface area contributed by atoms with Crippen molar-refractivity contribution in [1.82, 2.24) is 9.97 Å². The zero-order chi connectivity index (χ0) is 29.9. The highest BCUT2D eigenvalue weighted by molar-refractivity contribution is 9.10. The molecule has 44 heavy (non-hydrogen) atoms. The second kappa shape index (κ2) is 13.2. The first-order valence-corrected chi connectivity index (χ1v) is 17.7. The summed E-state index contributed by atoms with van der Waals surface area (Å²) < 4.78 is 14.0. The lowest BCUT2D eigenvalue weighted by Gasteiger charge is -2.44. The Morgan fingerprint density at radius 1 is 0.909 bits per heavy atom. The second-order valence-electron chi connectivity index (χ2n) is 12.0. The third-order valence-electron chi connectivity index (χ3n) is 9.16. The normalized spacial score (nSPS) is 19.7. The minimum atomic E-state index is -0.427. The molecule has 1 saturated heterocycles. The number of halogens is 1. The van der Waals surface area contributed by atoms with Gasteiger partial charge in [-0.15, -0.1) is 0 Å². The van der Waals surface area contributed by atoms with Crippen molar-refractivity contribution in [3.8, 4) is 0 Å². The molecule has 0 bridgehead atoms. The van der Waals surface area contributed by atoms with E-state index in [2.05, 4.69) is 105 Å². The standard InChI is InChI=1S/C36H39BrN4O2S/c1-44-35-38-30-22-36(43-25-29(30)34(39-35)40-18-9-20-42-21-19-40)17-8-14-28-15-16-31(33(37)32(28)36)41(23-26-10-4-2-5-11-26)24-27-12-6-3-7-13-27/h2-7,10-13,15-16H,8-9,14,17-25H2,1H3. The van der Waals surface area contributed by atoms with Gasteiger partial charge in [-0.25, -0.2) is 9.97 Å². The molecule has 3 aromatic carbocycles. The van der Waals surface area contributed by atoms with Gasteiger partial charge in [0.25, 0.3) is 0 Å². The van der Waals surface area contributed by atoms with Crippen LogP contribution in [0, 0.1) is 0 Å². The smallest absolute Gasteiger partial charge is 0.189 e. The summed E-state index contributed by atoms with van der Waals surface area (Å²) in [7, 11) is 0. The number of hydrogen-bond donors (Lipinski definition) is 0. The van der Waals surface area contributed by atoms with Crippen molar-refractivity contribution in [1.29, 1.82) is 0 Å². The summed E-state index contributed by atoms with van der Waals surface area (Å²) in [6.45, 7) is 5.47. The molecule has 0 radical (unpaired) electrons. The fraction of sp³-hybridized carbons (Fsp3) is 0.389. The number of aryl methyl sites for hydroxylation is 1. The second-order valence-corrected chi connectivity index (χ2v) is 13.6. The molecule has 1 aliphatic carbocycles. The van der Waals surface area contributed by atoms with E-state index in [1.165, 1.54) is 27.9 Å². The Hall–Kier alpha value is -2.91. The molecule has 1 unspecified atom stereocenters. The van der Waals surface area contributed by atoms with Crippen molar-refractivity contribution in [3.05, 3.63) is 111 Å². The highest BCUT2D eigenvalue weighted by atomic mass is 79.9. The van der Waals surface area contributed by atoms with Crippen LogP contribution < -0.4 is 9.80 Å². The average Bonchev–Trinajstić information content (AvgIpc) is 3.35. The van der Waals surface area contributed by atoms with Gasteiger partial charge in [0.1, 0.15) is 11.4 Å². The monoisotopic (exact) mass is 670 g/mol. The van der Waals surface area contributed by atoms with E-state index in [9.17, 15) is 0 Å². The van der Waals surface area contributed by atoms with Gasteiger partial charge < -0.3 is 19.3 Å². The van der Waals surface area contributed by atoms with Crippen molar-refractivity contribution in [3.63, 3.8) is 0 Å². The van der Waals surface area contributed by atoms with Crippen molar-refractivity contribution in [2.24, 2.45) is 0 Å². The van der Waals surface area contributed by atoms with Gasteiger partial charge in [0.2, 0.25) is 0 Å². The molecule has 1 fully saturated rings. The molecule has 7 rings (SSSR count). The van der Waals surface area contributed by atoms with Crippen LogP contribution in [0.2, 0.25) is 0 Å². The predicted molar refractivity (Wildman–Crippen MR) is 181 cm³/mol. The molecule has 4 aromatic rings. The van der Waals surface area contributed by atoms with Gasteiger partial charge in [0.05, 0.1) is 24.6 Å². The number of hydrogen-bond acceptors (Lipinski definition) is 7. The van der Waals surface area contributed by atoms with Gasteiger partial charge in [-0.1, -0.05) is 78.5 Å². The molecule has 1 atom stereocenters. The molecule has 1 spiro atoms. The average molecular weight is 672 g/mol. The Labute approximate surface area is 273 Å². The molecule has 0 amide bonds. The topological polar surface area (TPSA) is 50.7 Å². The van der Waals surface area contributed by atoms with Crippen LogP contribution >= 0.6 is 27.7 Å². The minimum Gasteiger partial charge on any atom is -0.380 e. The fourth-order valence-corrected chi connectivity index (χ4v) is 8.40. The molecular weight excluding hydrogens is 632 g/mol. The van der Waals surface area contributed by atoms with Gasteiger partial charge in [-0.3, -0.25) is 0 Å². The number of rotatable bonds is 7. The summed E-state index contributed by atoms with van der Waals surface area (Å²) in [5.74, 6) is 1.03. The van der Waals surface area contributed by atoms with E-state index in [1.807, 2.05) is 0 Å². The van der Waals surface area contributed by atoms with E-state index >= 15 is 0 Å². The number of benzene rings is 3. The summed E-state index contributed by atoms with van der Waals surface area (Å²) in [4.78, 5) is 15.0. The number of fused-ring (bicyclic) bond motifs is 3. The Balaban J connectivity index is 1.28. The van der Waals surface area contributed by atoms with Crippen molar-refractivity contribution in [2.75, 3.05) is 42.4 Å². The first-order chi connectivity index (χ1) is 21.6. The Morgan fingerprint density at radius 3 is 2.39 bits per heavy atom. The largest absolute Gasteiger partial charge is 0.380 e. The van der Waals surface area contributed by atoms with Gasteiger partial charge in [0, 0.05) is 54.8 Å². The van der Waals surface area contributed by atoms with E-state index in [4.69, 9.17) is 19.4 Å². The Morgan fingerprint density at radius 2 is 1.66 bits per heavy atom. The summed E-state index contributed by atoms with van der Waals surface area (Å²) >= 11 is 5.80. The maximum Gasteiger partial charge on any atom is 0.189 e. The fourth-order valence-electron chi connectivity index (χ4n) is 7.03. The van der Waals surface area contributed by atoms with Crippen LogP contribution in [0.1, 0.15) is 52.8 Å².